The summed E-state index contributed by atoms with van der Waals surface area (Å²) >= 11 is 7.84. The zero-order valence-electron chi connectivity index (χ0n) is 12.7. The fourth-order valence-electron chi connectivity index (χ4n) is 2.70. The maximum atomic E-state index is 5.96. The number of imidazole rings is 1. The zero-order valence-corrected chi connectivity index (χ0v) is 14.3. The third-order valence-electron chi connectivity index (χ3n) is 3.66. The predicted octanol–water partition coefficient (Wildman–Crippen LogP) is 3.43. The smallest absolute Gasteiger partial charge is 0.158 e. The fraction of sp³-hybridized carbons (Fsp3) is 0.714. The van der Waals surface area contributed by atoms with Crippen LogP contribution in [0.1, 0.15) is 37.8 Å². The Morgan fingerprint density at radius 3 is 2.65 bits per heavy atom. The van der Waals surface area contributed by atoms with Crippen molar-refractivity contribution in [2.45, 2.75) is 39.2 Å². The molecule has 4 nitrogen and oxygen atoms in total. The normalized spacial score (nSPS) is 13.2. The second-order valence-corrected chi connectivity index (χ2v) is 6.24. The van der Waals surface area contributed by atoms with Crippen LogP contribution in [0.5, 0.6) is 0 Å². The first-order valence-corrected chi connectivity index (χ1v) is 9.08. The molecule has 0 aromatic carbocycles. The van der Waals surface area contributed by atoms with E-state index in [1.54, 1.807) is 0 Å². The van der Waals surface area contributed by atoms with E-state index in [1.807, 2.05) is 23.5 Å². The van der Waals surface area contributed by atoms with Crippen LogP contribution in [-0.4, -0.2) is 37.2 Å². The molecular weight excluding hydrogens is 292 g/mol. The summed E-state index contributed by atoms with van der Waals surface area (Å²) in [6.45, 7) is 4.36. The molecule has 2 aromatic heterocycles. The van der Waals surface area contributed by atoms with Crippen molar-refractivity contribution in [3.8, 4) is 0 Å². The minimum absolute atomic E-state index is 0.452. The van der Waals surface area contributed by atoms with E-state index in [9.17, 15) is 0 Å². The Hall–Kier alpha value is -0.680. The fourth-order valence-corrected chi connectivity index (χ4v) is 3.64. The average Bonchev–Trinajstić information content (AvgIpc) is 2.95. The van der Waals surface area contributed by atoms with Crippen LogP contribution in [0.4, 0.5) is 0 Å². The molecule has 0 fully saturated rings. The molecule has 0 aliphatic heterocycles. The Balaban J connectivity index is 2.63. The second-order valence-electron chi connectivity index (χ2n) is 4.95. The predicted molar refractivity (Wildman–Crippen MR) is 88.0 cm³/mol. The molecule has 6 heteroatoms. The standard InChI is InChI=1S/C14H23ClN4S/c1-5-10(9-20-4)19-12(7-8-15)16-13-11(6-2)17-18(3)14(13)19/h10H,5-9H2,1-4H3. The van der Waals surface area contributed by atoms with Gasteiger partial charge in [0.2, 0.25) is 0 Å². The molecule has 0 amide bonds. The topological polar surface area (TPSA) is 35.6 Å². The molecule has 0 spiro atoms. The number of hydrogen-bond acceptors (Lipinski definition) is 3. The van der Waals surface area contributed by atoms with Gasteiger partial charge in [0.25, 0.3) is 0 Å². The van der Waals surface area contributed by atoms with Crippen molar-refractivity contribution in [2.24, 2.45) is 7.05 Å². The van der Waals surface area contributed by atoms with Crippen LogP contribution < -0.4 is 0 Å². The summed E-state index contributed by atoms with van der Waals surface area (Å²) in [4.78, 5) is 4.83. The van der Waals surface area contributed by atoms with Crippen LogP contribution in [0.15, 0.2) is 0 Å². The molecular formula is C14H23ClN4S. The molecule has 0 aliphatic carbocycles. The third-order valence-corrected chi connectivity index (χ3v) is 4.57. The first-order chi connectivity index (χ1) is 9.67. The molecule has 2 rings (SSSR count). The minimum Gasteiger partial charge on any atom is -0.309 e. The van der Waals surface area contributed by atoms with E-state index in [2.05, 4.69) is 29.8 Å². The highest BCUT2D eigenvalue weighted by molar-refractivity contribution is 7.98. The van der Waals surface area contributed by atoms with Crippen molar-refractivity contribution in [3.05, 3.63) is 11.5 Å². The van der Waals surface area contributed by atoms with Gasteiger partial charge in [-0.05, 0) is 19.1 Å². The molecule has 0 bridgehead atoms. The highest BCUT2D eigenvalue weighted by Crippen LogP contribution is 2.27. The van der Waals surface area contributed by atoms with Crippen LogP contribution in [0.25, 0.3) is 11.2 Å². The van der Waals surface area contributed by atoms with Gasteiger partial charge < -0.3 is 4.57 Å². The monoisotopic (exact) mass is 314 g/mol. The largest absolute Gasteiger partial charge is 0.309 e. The van der Waals surface area contributed by atoms with E-state index >= 15 is 0 Å². The highest BCUT2D eigenvalue weighted by atomic mass is 35.5. The Bertz CT molecular complexity index is 575. The number of alkyl halides is 1. The van der Waals surface area contributed by atoms with Gasteiger partial charge in [-0.25, -0.2) is 4.98 Å². The molecule has 0 N–H and O–H groups in total. The number of aryl methyl sites for hydroxylation is 3. The SMILES string of the molecule is CCc1nn(C)c2c1nc(CCCl)n2C(CC)CSC. The molecule has 0 saturated heterocycles. The first-order valence-electron chi connectivity index (χ1n) is 7.15. The third kappa shape index (κ3) is 2.70. The summed E-state index contributed by atoms with van der Waals surface area (Å²) in [7, 11) is 2.01. The Labute approximate surface area is 129 Å². The van der Waals surface area contributed by atoms with Crippen molar-refractivity contribution in [2.75, 3.05) is 17.9 Å². The number of nitrogens with zero attached hydrogens (tertiary/aromatic N) is 4. The average molecular weight is 315 g/mol. The summed E-state index contributed by atoms with van der Waals surface area (Å²) < 4.78 is 4.34. The molecule has 0 saturated carbocycles. The lowest BCUT2D eigenvalue weighted by Crippen LogP contribution is -2.16. The zero-order chi connectivity index (χ0) is 14.7. The molecule has 1 atom stereocenters. The Morgan fingerprint density at radius 2 is 2.10 bits per heavy atom. The van der Waals surface area contributed by atoms with Gasteiger partial charge in [0.05, 0.1) is 5.69 Å². The lowest BCUT2D eigenvalue weighted by atomic mass is 10.2. The van der Waals surface area contributed by atoms with Crippen molar-refractivity contribution >= 4 is 34.5 Å². The Morgan fingerprint density at radius 1 is 1.35 bits per heavy atom. The van der Waals surface area contributed by atoms with Crippen molar-refractivity contribution in [1.29, 1.82) is 0 Å². The highest BCUT2D eigenvalue weighted by Gasteiger charge is 2.22. The summed E-state index contributed by atoms with van der Waals surface area (Å²) in [5.41, 5.74) is 3.27. The van der Waals surface area contributed by atoms with Gasteiger partial charge in [0, 0.05) is 31.1 Å². The van der Waals surface area contributed by atoms with Crippen molar-refractivity contribution in [1.82, 2.24) is 19.3 Å². The summed E-state index contributed by atoms with van der Waals surface area (Å²) in [5, 5.41) is 4.60. The van der Waals surface area contributed by atoms with Gasteiger partial charge in [-0.3, -0.25) is 4.68 Å². The maximum Gasteiger partial charge on any atom is 0.158 e. The first kappa shape index (κ1) is 15.7. The van der Waals surface area contributed by atoms with Crippen LogP contribution in [0.3, 0.4) is 0 Å². The van der Waals surface area contributed by atoms with Gasteiger partial charge in [-0.2, -0.15) is 16.9 Å². The van der Waals surface area contributed by atoms with Crippen LogP contribution in [0, 0.1) is 0 Å². The van der Waals surface area contributed by atoms with E-state index in [1.165, 1.54) is 0 Å². The number of aromatic nitrogens is 4. The van der Waals surface area contributed by atoms with Crippen LogP contribution in [0.2, 0.25) is 0 Å². The molecule has 0 aliphatic rings. The van der Waals surface area contributed by atoms with Crippen LogP contribution >= 0.6 is 23.4 Å². The quantitative estimate of drug-likeness (QED) is 0.735. The van der Waals surface area contributed by atoms with Gasteiger partial charge in [-0.1, -0.05) is 13.8 Å². The molecule has 1 unspecified atom stereocenters. The van der Waals surface area contributed by atoms with E-state index < -0.39 is 0 Å². The lowest BCUT2D eigenvalue weighted by molar-refractivity contribution is 0.520. The Kier molecular flexibility index (Phi) is 5.38. The van der Waals surface area contributed by atoms with E-state index in [4.69, 9.17) is 16.6 Å². The molecule has 2 aromatic rings. The van der Waals surface area contributed by atoms with E-state index in [0.717, 1.165) is 47.7 Å². The summed E-state index contributed by atoms with van der Waals surface area (Å²) in [6.07, 6.45) is 4.96. The molecule has 2 heterocycles. The van der Waals surface area contributed by atoms with Gasteiger partial charge >= 0.3 is 0 Å². The van der Waals surface area contributed by atoms with Gasteiger partial charge in [0.15, 0.2) is 5.65 Å². The number of fused-ring (bicyclic) bond motifs is 1. The summed E-state index contributed by atoms with van der Waals surface area (Å²) in [6, 6.07) is 0.452. The second kappa shape index (κ2) is 6.85. The molecule has 0 radical (unpaired) electrons. The maximum absolute atomic E-state index is 5.96. The van der Waals surface area contributed by atoms with E-state index in [-0.39, 0.29) is 0 Å². The number of halogens is 1. The summed E-state index contributed by atoms with van der Waals surface area (Å²) in [5.74, 6) is 2.79. The van der Waals surface area contributed by atoms with Gasteiger partial charge in [-0.15, -0.1) is 11.6 Å². The number of thioether (sulfide) groups is 1. The number of hydrogen-bond donors (Lipinski definition) is 0. The molecule has 20 heavy (non-hydrogen) atoms. The van der Waals surface area contributed by atoms with Crippen LogP contribution in [-0.2, 0) is 19.9 Å². The minimum atomic E-state index is 0.452. The van der Waals surface area contributed by atoms with Gasteiger partial charge in [0.1, 0.15) is 11.3 Å². The van der Waals surface area contributed by atoms with E-state index in [0.29, 0.717) is 11.9 Å². The van der Waals surface area contributed by atoms with Crippen molar-refractivity contribution < 1.29 is 0 Å². The molecule has 112 valence electrons. The van der Waals surface area contributed by atoms with Crippen molar-refractivity contribution in [3.63, 3.8) is 0 Å². The lowest BCUT2D eigenvalue weighted by Gasteiger charge is -2.19. The number of rotatable bonds is 7.